The lowest BCUT2D eigenvalue weighted by Gasteiger charge is -2.10. The van der Waals surface area contributed by atoms with Crippen LogP contribution < -0.4 is 5.32 Å². The van der Waals surface area contributed by atoms with E-state index in [0.717, 1.165) is 16.3 Å². The van der Waals surface area contributed by atoms with Crippen LogP contribution in [0.1, 0.15) is 5.56 Å². The van der Waals surface area contributed by atoms with Crippen molar-refractivity contribution in [2.24, 2.45) is 0 Å². The van der Waals surface area contributed by atoms with Gasteiger partial charge in [-0.15, -0.1) is 0 Å². The van der Waals surface area contributed by atoms with Crippen LogP contribution in [-0.4, -0.2) is 4.98 Å². The standard InChI is InChI=1S/C18H13N3S/c19-13-16-17(21-14-7-3-1-4-8-14)11-12-20-18(16)22-15-9-5-2-6-10-15/h1-12H,(H,20,21). The van der Waals surface area contributed by atoms with Gasteiger partial charge in [0.15, 0.2) is 0 Å². The van der Waals surface area contributed by atoms with Crippen LogP contribution in [0.25, 0.3) is 0 Å². The Hall–Kier alpha value is -2.77. The molecule has 4 heteroatoms. The maximum absolute atomic E-state index is 9.51. The van der Waals surface area contributed by atoms with E-state index in [-0.39, 0.29) is 0 Å². The van der Waals surface area contributed by atoms with E-state index in [9.17, 15) is 5.26 Å². The molecule has 0 unspecified atom stereocenters. The van der Waals surface area contributed by atoms with Crippen molar-refractivity contribution in [1.82, 2.24) is 4.98 Å². The van der Waals surface area contributed by atoms with Crippen molar-refractivity contribution in [2.75, 3.05) is 5.32 Å². The third-order valence-electron chi connectivity index (χ3n) is 3.04. The van der Waals surface area contributed by atoms with Crippen LogP contribution in [0.2, 0.25) is 0 Å². The molecule has 0 aliphatic heterocycles. The van der Waals surface area contributed by atoms with E-state index in [2.05, 4.69) is 16.4 Å². The molecule has 3 aromatic rings. The first kappa shape index (κ1) is 14.2. The van der Waals surface area contributed by atoms with Crippen LogP contribution in [0.15, 0.2) is 82.8 Å². The van der Waals surface area contributed by atoms with Crippen LogP contribution in [0.4, 0.5) is 11.4 Å². The number of aromatic nitrogens is 1. The zero-order chi connectivity index (χ0) is 15.2. The molecule has 2 aromatic carbocycles. The highest BCUT2D eigenvalue weighted by Crippen LogP contribution is 2.32. The average molecular weight is 303 g/mol. The van der Waals surface area contributed by atoms with E-state index in [1.54, 1.807) is 6.20 Å². The number of benzene rings is 2. The van der Waals surface area contributed by atoms with E-state index in [1.165, 1.54) is 11.8 Å². The Morgan fingerprint density at radius 2 is 1.59 bits per heavy atom. The van der Waals surface area contributed by atoms with Crippen molar-refractivity contribution >= 4 is 23.1 Å². The van der Waals surface area contributed by atoms with Crippen molar-refractivity contribution < 1.29 is 0 Å². The normalized spacial score (nSPS) is 9.95. The highest BCUT2D eigenvalue weighted by molar-refractivity contribution is 7.99. The number of para-hydroxylation sites is 1. The molecule has 0 aliphatic rings. The minimum Gasteiger partial charge on any atom is -0.354 e. The predicted molar refractivity (Wildman–Crippen MR) is 89.2 cm³/mol. The van der Waals surface area contributed by atoms with Crippen LogP contribution >= 0.6 is 11.8 Å². The molecule has 106 valence electrons. The molecule has 0 bridgehead atoms. The molecular weight excluding hydrogens is 290 g/mol. The number of nitrogens with one attached hydrogen (secondary N) is 1. The van der Waals surface area contributed by atoms with Gasteiger partial charge in [-0.2, -0.15) is 5.26 Å². The van der Waals surface area contributed by atoms with Crippen molar-refractivity contribution in [3.05, 3.63) is 78.5 Å². The summed E-state index contributed by atoms with van der Waals surface area (Å²) in [6, 6.07) is 23.8. The fourth-order valence-corrected chi connectivity index (χ4v) is 2.90. The quantitative estimate of drug-likeness (QED) is 0.748. The monoisotopic (exact) mass is 303 g/mol. The molecule has 0 saturated carbocycles. The van der Waals surface area contributed by atoms with Gasteiger partial charge in [0.1, 0.15) is 16.7 Å². The summed E-state index contributed by atoms with van der Waals surface area (Å²) in [4.78, 5) is 5.41. The third kappa shape index (κ3) is 3.27. The first-order valence-electron chi connectivity index (χ1n) is 6.81. The minimum absolute atomic E-state index is 0.556. The number of nitrogens with zero attached hydrogens (tertiary/aromatic N) is 2. The SMILES string of the molecule is N#Cc1c(Nc2ccccc2)ccnc1Sc1ccccc1. The van der Waals surface area contributed by atoms with Crippen LogP contribution in [0, 0.1) is 11.3 Å². The molecule has 0 saturated heterocycles. The van der Waals surface area contributed by atoms with Gasteiger partial charge in [0.2, 0.25) is 0 Å². The Balaban J connectivity index is 1.92. The van der Waals surface area contributed by atoms with Crippen molar-refractivity contribution in [3.8, 4) is 6.07 Å². The van der Waals surface area contributed by atoms with Crippen LogP contribution in [0.3, 0.4) is 0 Å². The van der Waals surface area contributed by atoms with E-state index < -0.39 is 0 Å². The molecule has 0 atom stereocenters. The second-order valence-corrected chi connectivity index (χ2v) is 5.62. The molecule has 1 heterocycles. The predicted octanol–water partition coefficient (Wildman–Crippen LogP) is 4.85. The molecule has 3 rings (SSSR count). The molecule has 0 spiro atoms. The van der Waals surface area contributed by atoms with E-state index in [4.69, 9.17) is 0 Å². The Morgan fingerprint density at radius 1 is 0.909 bits per heavy atom. The maximum atomic E-state index is 9.51. The van der Waals surface area contributed by atoms with Crippen LogP contribution in [0.5, 0.6) is 0 Å². The largest absolute Gasteiger partial charge is 0.354 e. The van der Waals surface area contributed by atoms with Gasteiger partial charge >= 0.3 is 0 Å². The Kier molecular flexibility index (Phi) is 4.38. The van der Waals surface area contributed by atoms with Crippen molar-refractivity contribution in [3.63, 3.8) is 0 Å². The van der Waals surface area contributed by atoms with E-state index >= 15 is 0 Å². The minimum atomic E-state index is 0.556. The smallest absolute Gasteiger partial charge is 0.121 e. The molecule has 22 heavy (non-hydrogen) atoms. The average Bonchev–Trinajstić information content (AvgIpc) is 2.57. The molecule has 3 nitrogen and oxygen atoms in total. The lowest BCUT2D eigenvalue weighted by Crippen LogP contribution is -1.96. The summed E-state index contributed by atoms with van der Waals surface area (Å²) >= 11 is 1.49. The second kappa shape index (κ2) is 6.79. The van der Waals surface area contributed by atoms with Gasteiger partial charge in [-0.1, -0.05) is 48.2 Å². The first-order chi connectivity index (χ1) is 10.9. The van der Waals surface area contributed by atoms with Gasteiger partial charge in [-0.05, 0) is 30.3 Å². The highest BCUT2D eigenvalue weighted by atomic mass is 32.2. The number of pyridine rings is 1. The summed E-state index contributed by atoms with van der Waals surface area (Å²) in [5.41, 5.74) is 2.27. The summed E-state index contributed by atoms with van der Waals surface area (Å²) in [6.07, 6.45) is 1.72. The molecular formula is C18H13N3S. The number of anilines is 2. The lowest BCUT2D eigenvalue weighted by molar-refractivity contribution is 1.11. The number of hydrogen-bond acceptors (Lipinski definition) is 4. The summed E-state index contributed by atoms with van der Waals surface area (Å²) in [6.45, 7) is 0. The maximum Gasteiger partial charge on any atom is 0.121 e. The summed E-state index contributed by atoms with van der Waals surface area (Å²) < 4.78 is 0. The van der Waals surface area contributed by atoms with Gasteiger partial charge in [0, 0.05) is 16.8 Å². The van der Waals surface area contributed by atoms with Gasteiger partial charge < -0.3 is 5.32 Å². The highest BCUT2D eigenvalue weighted by Gasteiger charge is 2.11. The summed E-state index contributed by atoms with van der Waals surface area (Å²) in [5.74, 6) is 0. The topological polar surface area (TPSA) is 48.7 Å². The number of hydrogen-bond donors (Lipinski definition) is 1. The Bertz CT molecular complexity index is 736. The molecule has 1 N–H and O–H groups in total. The molecule has 1 aromatic heterocycles. The van der Waals surface area contributed by atoms with Crippen molar-refractivity contribution in [1.29, 1.82) is 5.26 Å². The lowest BCUT2D eigenvalue weighted by atomic mass is 10.2. The van der Waals surface area contributed by atoms with Gasteiger partial charge in [0.05, 0.1) is 5.69 Å². The van der Waals surface area contributed by atoms with Crippen molar-refractivity contribution in [2.45, 2.75) is 9.92 Å². The molecule has 0 fully saturated rings. The van der Waals surface area contributed by atoms with Gasteiger partial charge in [-0.25, -0.2) is 4.98 Å². The Morgan fingerprint density at radius 3 is 2.27 bits per heavy atom. The third-order valence-corrected chi connectivity index (χ3v) is 4.05. The van der Waals surface area contributed by atoms with E-state index in [0.29, 0.717) is 10.6 Å². The first-order valence-corrected chi connectivity index (χ1v) is 7.62. The molecule has 0 amide bonds. The van der Waals surface area contributed by atoms with E-state index in [1.807, 2.05) is 66.7 Å². The van der Waals surface area contributed by atoms with Crippen LogP contribution in [-0.2, 0) is 0 Å². The molecule has 0 aliphatic carbocycles. The zero-order valence-electron chi connectivity index (χ0n) is 11.7. The summed E-state index contributed by atoms with van der Waals surface area (Å²) in [5, 5.41) is 13.5. The number of rotatable bonds is 4. The Labute approximate surface area is 133 Å². The fourth-order valence-electron chi connectivity index (χ4n) is 2.01. The van der Waals surface area contributed by atoms with Gasteiger partial charge in [-0.3, -0.25) is 0 Å². The summed E-state index contributed by atoms with van der Waals surface area (Å²) in [7, 11) is 0. The molecule has 0 radical (unpaired) electrons. The zero-order valence-corrected chi connectivity index (χ0v) is 12.5. The van der Waals surface area contributed by atoms with Gasteiger partial charge in [0.25, 0.3) is 0 Å². The fraction of sp³-hybridized carbons (Fsp3) is 0. The second-order valence-electron chi connectivity index (χ2n) is 4.56. The number of nitriles is 1.